The van der Waals surface area contributed by atoms with Gasteiger partial charge in [-0.2, -0.15) is 5.10 Å². The topological polar surface area (TPSA) is 106 Å². The van der Waals surface area contributed by atoms with Crippen LogP contribution in [-0.4, -0.2) is 37.2 Å². The number of benzene rings is 2. The summed E-state index contributed by atoms with van der Waals surface area (Å²) < 4.78 is 10.1. The van der Waals surface area contributed by atoms with Crippen LogP contribution in [0.1, 0.15) is 25.3 Å². The van der Waals surface area contributed by atoms with Gasteiger partial charge in [0.2, 0.25) is 11.8 Å². The second-order valence-corrected chi connectivity index (χ2v) is 6.45. The zero-order valence-corrected chi connectivity index (χ0v) is 17.1. The first-order valence-corrected chi connectivity index (χ1v) is 9.60. The van der Waals surface area contributed by atoms with Gasteiger partial charge in [-0.1, -0.05) is 17.7 Å². The summed E-state index contributed by atoms with van der Waals surface area (Å²) in [5, 5.41) is 7.03. The fourth-order valence-corrected chi connectivity index (χ4v) is 2.44. The van der Waals surface area contributed by atoms with Crippen molar-refractivity contribution in [1.82, 2.24) is 5.43 Å². The van der Waals surface area contributed by atoms with Gasteiger partial charge in [0.05, 0.1) is 12.8 Å². The number of amides is 2. The van der Waals surface area contributed by atoms with Crippen molar-refractivity contribution in [2.24, 2.45) is 5.10 Å². The van der Waals surface area contributed by atoms with Crippen molar-refractivity contribution in [2.75, 3.05) is 18.5 Å². The third-order valence-electron chi connectivity index (χ3n) is 3.63. The molecule has 0 spiro atoms. The van der Waals surface area contributed by atoms with E-state index in [0.29, 0.717) is 23.1 Å². The lowest BCUT2D eigenvalue weighted by Crippen LogP contribution is -2.20. The molecule has 0 unspecified atom stereocenters. The average molecular weight is 432 g/mol. The molecular weight excluding hydrogens is 410 g/mol. The van der Waals surface area contributed by atoms with Crippen LogP contribution in [-0.2, 0) is 19.1 Å². The Bertz CT molecular complexity index is 900. The number of nitrogens with one attached hydrogen (secondary N) is 2. The summed E-state index contributed by atoms with van der Waals surface area (Å²) in [6, 6.07) is 13.5. The summed E-state index contributed by atoms with van der Waals surface area (Å²) >= 11 is 5.86. The van der Waals surface area contributed by atoms with Crippen molar-refractivity contribution in [3.63, 3.8) is 0 Å². The van der Waals surface area contributed by atoms with Crippen LogP contribution in [0.15, 0.2) is 53.6 Å². The van der Waals surface area contributed by atoms with Gasteiger partial charge in [-0.25, -0.2) is 10.2 Å². The monoisotopic (exact) mass is 431 g/mol. The highest BCUT2D eigenvalue weighted by atomic mass is 35.5. The van der Waals surface area contributed by atoms with Gasteiger partial charge >= 0.3 is 5.97 Å². The van der Waals surface area contributed by atoms with E-state index in [1.807, 2.05) is 0 Å². The highest BCUT2D eigenvalue weighted by molar-refractivity contribution is 6.30. The van der Waals surface area contributed by atoms with E-state index >= 15 is 0 Å². The van der Waals surface area contributed by atoms with Crippen molar-refractivity contribution < 1.29 is 23.9 Å². The predicted octanol–water partition coefficient (Wildman–Crippen LogP) is 3.15. The highest BCUT2D eigenvalue weighted by Crippen LogP contribution is 2.15. The van der Waals surface area contributed by atoms with Gasteiger partial charge in [0.1, 0.15) is 5.75 Å². The Balaban J connectivity index is 1.69. The minimum Gasteiger partial charge on any atom is -0.482 e. The molecule has 0 aromatic heterocycles. The van der Waals surface area contributed by atoms with Gasteiger partial charge in [0.25, 0.3) is 0 Å². The molecule has 158 valence electrons. The summed E-state index contributed by atoms with van der Waals surface area (Å²) in [5.74, 6) is -0.612. The lowest BCUT2D eigenvalue weighted by atomic mass is 10.2. The number of halogens is 1. The van der Waals surface area contributed by atoms with Crippen molar-refractivity contribution in [2.45, 2.75) is 19.8 Å². The van der Waals surface area contributed by atoms with Crippen LogP contribution in [0, 0.1) is 0 Å². The SMILES string of the molecule is CCOC(=O)COc1ccc(C=NNC(=O)CCC(=O)Nc2cccc(Cl)c2)cc1. The molecule has 0 atom stereocenters. The number of carbonyl (C=O) groups is 3. The summed E-state index contributed by atoms with van der Waals surface area (Å²) in [6.45, 7) is 1.86. The molecule has 2 N–H and O–H groups in total. The van der Waals surface area contributed by atoms with Crippen LogP contribution in [0.2, 0.25) is 5.02 Å². The van der Waals surface area contributed by atoms with E-state index in [0.717, 1.165) is 5.56 Å². The minimum absolute atomic E-state index is 0.00955. The number of rotatable bonds is 10. The zero-order valence-electron chi connectivity index (χ0n) is 16.4. The molecule has 2 aromatic carbocycles. The molecule has 0 saturated carbocycles. The van der Waals surface area contributed by atoms with Crippen molar-refractivity contribution >= 4 is 41.3 Å². The van der Waals surface area contributed by atoms with Crippen LogP contribution in [0.3, 0.4) is 0 Å². The molecule has 9 heteroatoms. The summed E-state index contributed by atoms with van der Waals surface area (Å²) in [6.07, 6.45) is 1.46. The first-order chi connectivity index (χ1) is 14.5. The molecule has 2 aromatic rings. The van der Waals surface area contributed by atoms with E-state index < -0.39 is 5.97 Å². The first-order valence-electron chi connectivity index (χ1n) is 9.22. The molecule has 8 nitrogen and oxygen atoms in total. The fourth-order valence-electron chi connectivity index (χ4n) is 2.25. The van der Waals surface area contributed by atoms with Gasteiger partial charge < -0.3 is 14.8 Å². The standard InChI is InChI=1S/C21H22ClN3O5/c1-2-29-21(28)14-30-18-8-6-15(7-9-18)13-23-25-20(27)11-10-19(26)24-17-5-3-4-16(22)12-17/h3-9,12-13H,2,10-11,14H2,1H3,(H,24,26)(H,25,27). The number of carbonyl (C=O) groups excluding carboxylic acids is 3. The molecule has 30 heavy (non-hydrogen) atoms. The van der Waals surface area contributed by atoms with Gasteiger partial charge in [-0.3, -0.25) is 9.59 Å². The average Bonchev–Trinajstić information content (AvgIpc) is 2.72. The lowest BCUT2D eigenvalue weighted by molar-refractivity contribution is -0.145. The maximum absolute atomic E-state index is 11.9. The normalized spacial score (nSPS) is 10.5. The summed E-state index contributed by atoms with van der Waals surface area (Å²) in [5.41, 5.74) is 3.66. The fraction of sp³-hybridized carbons (Fsp3) is 0.238. The van der Waals surface area contributed by atoms with Gasteiger partial charge in [-0.15, -0.1) is 0 Å². The first kappa shape index (κ1) is 22.9. The van der Waals surface area contributed by atoms with Crippen molar-refractivity contribution in [3.8, 4) is 5.75 Å². The third kappa shape index (κ3) is 8.74. The summed E-state index contributed by atoms with van der Waals surface area (Å²) in [7, 11) is 0. The molecule has 2 amide bonds. The maximum atomic E-state index is 11.9. The van der Waals surface area contributed by atoms with Gasteiger partial charge in [0, 0.05) is 23.6 Å². The Morgan fingerprint density at radius 1 is 1.07 bits per heavy atom. The molecule has 0 radical (unpaired) electrons. The summed E-state index contributed by atoms with van der Waals surface area (Å²) in [4.78, 5) is 34.9. The van der Waals surface area contributed by atoms with Gasteiger partial charge in [-0.05, 0) is 55.0 Å². The number of hydrogen-bond acceptors (Lipinski definition) is 6. The molecule has 0 bridgehead atoms. The van der Waals surface area contributed by atoms with E-state index in [1.165, 1.54) is 6.21 Å². The molecule has 0 heterocycles. The molecule has 2 rings (SSSR count). The van der Waals surface area contributed by atoms with Crippen molar-refractivity contribution in [1.29, 1.82) is 0 Å². The minimum atomic E-state index is -0.438. The quantitative estimate of drug-likeness (QED) is 0.341. The lowest BCUT2D eigenvalue weighted by Gasteiger charge is -2.06. The van der Waals surface area contributed by atoms with E-state index in [2.05, 4.69) is 15.8 Å². The van der Waals surface area contributed by atoms with Crippen LogP contribution in [0.25, 0.3) is 0 Å². The van der Waals surface area contributed by atoms with Crippen LogP contribution >= 0.6 is 11.6 Å². The Kier molecular flexibility index (Phi) is 9.33. The number of hydrogen-bond donors (Lipinski definition) is 2. The number of esters is 1. The number of anilines is 1. The van der Waals surface area contributed by atoms with Crippen LogP contribution < -0.4 is 15.5 Å². The Labute approximate surface area is 179 Å². The van der Waals surface area contributed by atoms with E-state index in [4.69, 9.17) is 21.1 Å². The Morgan fingerprint density at radius 2 is 1.80 bits per heavy atom. The number of nitrogens with zero attached hydrogens (tertiary/aromatic N) is 1. The van der Waals surface area contributed by atoms with E-state index in [9.17, 15) is 14.4 Å². The molecule has 0 saturated heterocycles. The molecular formula is C21H22ClN3O5. The van der Waals surface area contributed by atoms with Gasteiger partial charge in [0.15, 0.2) is 6.61 Å². The number of hydrazone groups is 1. The Morgan fingerprint density at radius 3 is 2.50 bits per heavy atom. The largest absolute Gasteiger partial charge is 0.482 e. The van der Waals surface area contributed by atoms with Crippen LogP contribution in [0.4, 0.5) is 5.69 Å². The predicted molar refractivity (Wildman–Crippen MR) is 114 cm³/mol. The highest BCUT2D eigenvalue weighted by Gasteiger charge is 2.07. The second kappa shape index (κ2) is 12.2. The molecule has 0 aliphatic carbocycles. The Hall–Kier alpha value is -3.39. The molecule has 0 aliphatic rings. The second-order valence-electron chi connectivity index (χ2n) is 6.01. The van der Waals surface area contributed by atoms with E-state index in [-0.39, 0.29) is 31.3 Å². The van der Waals surface area contributed by atoms with Crippen molar-refractivity contribution in [3.05, 3.63) is 59.1 Å². The maximum Gasteiger partial charge on any atom is 0.344 e. The zero-order chi connectivity index (χ0) is 21.8. The van der Waals surface area contributed by atoms with E-state index in [1.54, 1.807) is 55.5 Å². The third-order valence-corrected chi connectivity index (χ3v) is 3.87. The molecule has 0 aliphatic heterocycles. The molecule has 0 fully saturated rings. The smallest absolute Gasteiger partial charge is 0.344 e. The van der Waals surface area contributed by atoms with Crippen LogP contribution in [0.5, 0.6) is 5.75 Å². The number of ether oxygens (including phenoxy) is 2.